The fourth-order valence-electron chi connectivity index (χ4n) is 2.85. The SMILES string of the molecule is N#Cc1ccc(-c2ccncc2NC(=O)c2ccnc(C(=O)NC3CC3)c2)cc1. The molecule has 2 N–H and O–H groups in total. The van der Waals surface area contributed by atoms with Gasteiger partial charge in [-0.3, -0.25) is 19.6 Å². The first-order chi connectivity index (χ1) is 14.1. The smallest absolute Gasteiger partial charge is 0.270 e. The summed E-state index contributed by atoms with van der Waals surface area (Å²) < 4.78 is 0. The van der Waals surface area contributed by atoms with E-state index in [0.29, 0.717) is 16.8 Å². The van der Waals surface area contributed by atoms with Crippen molar-refractivity contribution < 1.29 is 9.59 Å². The van der Waals surface area contributed by atoms with Gasteiger partial charge in [0.1, 0.15) is 5.69 Å². The number of rotatable bonds is 5. The lowest BCUT2D eigenvalue weighted by Crippen LogP contribution is -2.26. The largest absolute Gasteiger partial charge is 0.348 e. The number of nitrogens with one attached hydrogen (secondary N) is 2. The van der Waals surface area contributed by atoms with Gasteiger partial charge in [0.2, 0.25) is 0 Å². The van der Waals surface area contributed by atoms with Gasteiger partial charge in [-0.25, -0.2) is 0 Å². The van der Waals surface area contributed by atoms with Gasteiger partial charge >= 0.3 is 0 Å². The van der Waals surface area contributed by atoms with Crippen LogP contribution in [0.4, 0.5) is 5.69 Å². The van der Waals surface area contributed by atoms with Gasteiger partial charge in [-0.15, -0.1) is 0 Å². The van der Waals surface area contributed by atoms with Crippen LogP contribution >= 0.6 is 0 Å². The van der Waals surface area contributed by atoms with E-state index in [0.717, 1.165) is 24.0 Å². The van der Waals surface area contributed by atoms with Crippen LogP contribution in [-0.4, -0.2) is 27.8 Å². The molecule has 0 unspecified atom stereocenters. The average molecular weight is 383 g/mol. The summed E-state index contributed by atoms with van der Waals surface area (Å²) in [6, 6.07) is 14.2. The Morgan fingerprint density at radius 3 is 2.55 bits per heavy atom. The molecule has 0 spiro atoms. The van der Waals surface area contributed by atoms with Crippen LogP contribution in [0.1, 0.15) is 39.3 Å². The number of amides is 2. The van der Waals surface area contributed by atoms with Gasteiger partial charge in [0.25, 0.3) is 11.8 Å². The summed E-state index contributed by atoms with van der Waals surface area (Å²) in [7, 11) is 0. The standard InChI is InChI=1S/C22H17N5O2/c23-12-14-1-3-15(4-2-14)18-8-9-24-13-20(18)27-21(28)16-7-10-25-19(11-16)22(29)26-17-5-6-17/h1-4,7-11,13,17H,5-6H2,(H,26,29)(H,27,28). The number of benzene rings is 1. The van der Waals surface area contributed by atoms with Crippen molar-refractivity contribution in [3.63, 3.8) is 0 Å². The van der Waals surface area contributed by atoms with Crippen molar-refractivity contribution in [1.82, 2.24) is 15.3 Å². The van der Waals surface area contributed by atoms with E-state index in [1.807, 2.05) is 12.1 Å². The number of carbonyl (C=O) groups is 2. The quantitative estimate of drug-likeness (QED) is 0.704. The number of nitriles is 1. The van der Waals surface area contributed by atoms with E-state index in [9.17, 15) is 9.59 Å². The van der Waals surface area contributed by atoms with Gasteiger partial charge in [0, 0.05) is 29.6 Å². The summed E-state index contributed by atoms with van der Waals surface area (Å²) in [5.74, 6) is -0.641. The number of hydrogen-bond donors (Lipinski definition) is 2. The molecular formula is C22H17N5O2. The minimum Gasteiger partial charge on any atom is -0.348 e. The highest BCUT2D eigenvalue weighted by molar-refractivity contribution is 6.07. The summed E-state index contributed by atoms with van der Waals surface area (Å²) >= 11 is 0. The Morgan fingerprint density at radius 1 is 1.03 bits per heavy atom. The Kier molecular flexibility index (Phi) is 4.99. The lowest BCUT2D eigenvalue weighted by molar-refractivity contribution is 0.0946. The molecule has 2 heterocycles. The van der Waals surface area contributed by atoms with Crippen LogP contribution in [0.25, 0.3) is 11.1 Å². The highest BCUT2D eigenvalue weighted by Gasteiger charge is 2.24. The van der Waals surface area contributed by atoms with Crippen LogP contribution in [0.2, 0.25) is 0 Å². The first-order valence-corrected chi connectivity index (χ1v) is 9.17. The van der Waals surface area contributed by atoms with E-state index in [1.54, 1.807) is 36.7 Å². The third kappa shape index (κ3) is 4.28. The molecule has 0 atom stereocenters. The molecular weight excluding hydrogens is 366 g/mol. The minimum absolute atomic E-state index is 0.211. The normalized spacial score (nSPS) is 12.7. The lowest BCUT2D eigenvalue weighted by atomic mass is 10.0. The topological polar surface area (TPSA) is 108 Å². The number of hydrogen-bond acceptors (Lipinski definition) is 5. The van der Waals surface area contributed by atoms with Crippen LogP contribution in [0, 0.1) is 11.3 Å². The van der Waals surface area contributed by atoms with Gasteiger partial charge in [0.05, 0.1) is 23.5 Å². The zero-order valence-corrected chi connectivity index (χ0v) is 15.4. The van der Waals surface area contributed by atoms with Crippen molar-refractivity contribution in [1.29, 1.82) is 5.26 Å². The van der Waals surface area contributed by atoms with Crippen molar-refractivity contribution in [2.75, 3.05) is 5.32 Å². The van der Waals surface area contributed by atoms with Crippen LogP contribution < -0.4 is 10.6 Å². The molecule has 0 saturated heterocycles. The molecule has 0 radical (unpaired) electrons. The summed E-state index contributed by atoms with van der Waals surface area (Å²) in [5.41, 5.74) is 3.25. The van der Waals surface area contributed by atoms with Gasteiger partial charge in [-0.2, -0.15) is 5.26 Å². The Morgan fingerprint density at radius 2 is 1.83 bits per heavy atom. The molecule has 3 aromatic rings. The van der Waals surface area contributed by atoms with Gasteiger partial charge in [0.15, 0.2) is 0 Å². The second-order valence-electron chi connectivity index (χ2n) is 6.74. The van der Waals surface area contributed by atoms with Crippen molar-refractivity contribution >= 4 is 17.5 Å². The Bertz CT molecular complexity index is 1110. The molecule has 142 valence electrons. The molecule has 2 aromatic heterocycles. The first-order valence-electron chi connectivity index (χ1n) is 9.17. The number of carbonyl (C=O) groups excluding carboxylic acids is 2. The first kappa shape index (κ1) is 18.3. The molecule has 0 aliphatic heterocycles. The molecule has 2 amide bonds. The predicted molar refractivity (Wildman–Crippen MR) is 107 cm³/mol. The molecule has 7 nitrogen and oxygen atoms in total. The molecule has 1 saturated carbocycles. The zero-order valence-electron chi connectivity index (χ0n) is 15.4. The average Bonchev–Trinajstić information content (AvgIpc) is 3.58. The summed E-state index contributed by atoms with van der Waals surface area (Å²) in [6.07, 6.45) is 6.60. The molecule has 4 rings (SSSR count). The van der Waals surface area contributed by atoms with Gasteiger partial charge in [-0.05, 0) is 48.7 Å². The van der Waals surface area contributed by atoms with Crippen LogP contribution in [-0.2, 0) is 0 Å². The van der Waals surface area contributed by atoms with Crippen molar-refractivity contribution in [3.8, 4) is 17.2 Å². The molecule has 1 aliphatic carbocycles. The van der Waals surface area contributed by atoms with Gasteiger partial charge < -0.3 is 10.6 Å². The van der Waals surface area contributed by atoms with E-state index in [2.05, 4.69) is 26.7 Å². The zero-order chi connectivity index (χ0) is 20.2. The Balaban J connectivity index is 1.56. The second-order valence-corrected chi connectivity index (χ2v) is 6.74. The van der Waals surface area contributed by atoms with Crippen LogP contribution in [0.3, 0.4) is 0 Å². The third-order valence-corrected chi connectivity index (χ3v) is 4.56. The second kappa shape index (κ2) is 7.90. The maximum atomic E-state index is 12.8. The summed E-state index contributed by atoms with van der Waals surface area (Å²) in [5, 5.41) is 14.7. The number of aromatic nitrogens is 2. The van der Waals surface area contributed by atoms with E-state index in [-0.39, 0.29) is 23.6 Å². The monoisotopic (exact) mass is 383 g/mol. The molecule has 1 aliphatic rings. The van der Waals surface area contributed by atoms with E-state index < -0.39 is 0 Å². The molecule has 29 heavy (non-hydrogen) atoms. The predicted octanol–water partition coefficient (Wildman–Crippen LogP) is 3.16. The van der Waals surface area contributed by atoms with Gasteiger partial charge in [-0.1, -0.05) is 12.1 Å². The van der Waals surface area contributed by atoms with Crippen molar-refractivity contribution in [2.45, 2.75) is 18.9 Å². The van der Waals surface area contributed by atoms with E-state index in [4.69, 9.17) is 5.26 Å². The number of nitrogens with zero attached hydrogens (tertiary/aromatic N) is 3. The Hall–Kier alpha value is -4.05. The maximum Gasteiger partial charge on any atom is 0.270 e. The van der Waals surface area contributed by atoms with E-state index >= 15 is 0 Å². The fraction of sp³-hybridized carbons (Fsp3) is 0.136. The number of pyridine rings is 2. The van der Waals surface area contributed by atoms with Crippen LogP contribution in [0.5, 0.6) is 0 Å². The molecule has 1 aromatic carbocycles. The highest BCUT2D eigenvalue weighted by Crippen LogP contribution is 2.27. The highest BCUT2D eigenvalue weighted by atomic mass is 16.2. The Labute approximate surface area is 167 Å². The summed E-state index contributed by atoms with van der Waals surface area (Å²) in [4.78, 5) is 33.1. The third-order valence-electron chi connectivity index (χ3n) is 4.56. The van der Waals surface area contributed by atoms with Crippen molar-refractivity contribution in [3.05, 3.63) is 77.9 Å². The van der Waals surface area contributed by atoms with Crippen molar-refractivity contribution in [2.24, 2.45) is 0 Å². The summed E-state index contributed by atoms with van der Waals surface area (Å²) in [6.45, 7) is 0. The fourth-order valence-corrected chi connectivity index (χ4v) is 2.85. The molecule has 0 bridgehead atoms. The van der Waals surface area contributed by atoms with Crippen LogP contribution in [0.15, 0.2) is 61.1 Å². The van der Waals surface area contributed by atoms with E-state index in [1.165, 1.54) is 12.3 Å². The maximum absolute atomic E-state index is 12.8. The lowest BCUT2D eigenvalue weighted by Gasteiger charge is -2.11. The minimum atomic E-state index is -0.365. The molecule has 1 fully saturated rings. The molecule has 7 heteroatoms. The number of anilines is 1.